The summed E-state index contributed by atoms with van der Waals surface area (Å²) in [6.07, 6.45) is 5.02. The average molecular weight is 390 g/mol. The number of rotatable bonds is 2. The van der Waals surface area contributed by atoms with Crippen LogP contribution >= 0.6 is 0 Å². The number of likely N-dealkylation sites (tertiary alicyclic amines) is 1. The molecule has 0 N–H and O–H groups in total. The third-order valence-corrected chi connectivity index (χ3v) is 6.41. The van der Waals surface area contributed by atoms with E-state index in [-0.39, 0.29) is 5.91 Å². The summed E-state index contributed by atoms with van der Waals surface area (Å²) < 4.78 is 2.04. The minimum Gasteiger partial charge on any atom is -0.334 e. The zero-order valence-corrected chi connectivity index (χ0v) is 17.2. The molecule has 4 heterocycles. The molecule has 0 unspecified atom stereocenters. The van der Waals surface area contributed by atoms with Crippen molar-refractivity contribution in [3.05, 3.63) is 52.9 Å². The van der Waals surface area contributed by atoms with Gasteiger partial charge in [0.05, 0.1) is 22.8 Å². The molecule has 2 aliphatic rings. The number of hydrogen-bond acceptors (Lipinski definition) is 5. The van der Waals surface area contributed by atoms with E-state index in [1.165, 1.54) is 6.42 Å². The molecule has 7 nitrogen and oxygen atoms in total. The van der Waals surface area contributed by atoms with Crippen LogP contribution in [0.2, 0.25) is 0 Å². The van der Waals surface area contributed by atoms with E-state index in [4.69, 9.17) is 4.98 Å². The van der Waals surface area contributed by atoms with Crippen LogP contribution in [0.15, 0.2) is 24.4 Å². The number of aromatic nitrogens is 4. The van der Waals surface area contributed by atoms with Gasteiger partial charge in [-0.2, -0.15) is 0 Å². The van der Waals surface area contributed by atoms with Gasteiger partial charge < -0.3 is 9.47 Å². The molecular weight excluding hydrogens is 364 g/mol. The summed E-state index contributed by atoms with van der Waals surface area (Å²) in [6.45, 7) is 4.32. The first-order valence-electron chi connectivity index (χ1n) is 10.3. The van der Waals surface area contributed by atoms with Gasteiger partial charge in [0.1, 0.15) is 11.6 Å². The van der Waals surface area contributed by atoms with E-state index in [9.17, 15) is 4.79 Å². The lowest BCUT2D eigenvalue weighted by molar-refractivity contribution is 0.0733. The van der Waals surface area contributed by atoms with Gasteiger partial charge in [-0.3, -0.25) is 9.69 Å². The van der Waals surface area contributed by atoms with Crippen molar-refractivity contribution < 1.29 is 4.79 Å². The number of carbonyl (C=O) groups excluding carboxylic acids is 1. The van der Waals surface area contributed by atoms with Crippen molar-refractivity contribution in [3.8, 4) is 0 Å². The van der Waals surface area contributed by atoms with E-state index in [1.54, 1.807) is 0 Å². The monoisotopic (exact) mass is 390 g/mol. The molecule has 1 amide bonds. The highest BCUT2D eigenvalue weighted by Gasteiger charge is 2.28. The van der Waals surface area contributed by atoms with Crippen molar-refractivity contribution in [2.75, 3.05) is 20.1 Å². The first kappa shape index (κ1) is 18.2. The Morgan fingerprint density at radius 2 is 2.03 bits per heavy atom. The summed E-state index contributed by atoms with van der Waals surface area (Å²) in [5.74, 6) is 1.91. The summed E-state index contributed by atoms with van der Waals surface area (Å²) in [4.78, 5) is 31.4. The summed E-state index contributed by atoms with van der Waals surface area (Å²) in [5.41, 5.74) is 4.74. The van der Waals surface area contributed by atoms with Gasteiger partial charge in [0, 0.05) is 43.9 Å². The summed E-state index contributed by atoms with van der Waals surface area (Å²) >= 11 is 0. The van der Waals surface area contributed by atoms with E-state index in [2.05, 4.69) is 21.9 Å². The Balaban J connectivity index is 1.37. The Morgan fingerprint density at radius 3 is 2.83 bits per heavy atom. The number of benzene rings is 1. The van der Waals surface area contributed by atoms with Gasteiger partial charge in [0.15, 0.2) is 0 Å². The number of aryl methyl sites for hydroxylation is 2. The molecule has 5 rings (SSSR count). The second kappa shape index (κ2) is 6.91. The molecule has 3 aromatic rings. The minimum atomic E-state index is 0.0421. The predicted molar refractivity (Wildman–Crippen MR) is 111 cm³/mol. The molecule has 1 atom stereocenters. The minimum absolute atomic E-state index is 0.0421. The third-order valence-electron chi connectivity index (χ3n) is 6.41. The number of carbonyl (C=O) groups is 1. The number of amides is 1. The van der Waals surface area contributed by atoms with Crippen molar-refractivity contribution >= 4 is 16.9 Å². The lowest BCUT2D eigenvalue weighted by Gasteiger charge is -2.29. The highest BCUT2D eigenvalue weighted by Crippen LogP contribution is 2.29. The highest BCUT2D eigenvalue weighted by atomic mass is 16.2. The average Bonchev–Trinajstić information content (AvgIpc) is 3.29. The summed E-state index contributed by atoms with van der Waals surface area (Å²) in [6, 6.07) is 6.11. The summed E-state index contributed by atoms with van der Waals surface area (Å²) in [5, 5.41) is 0. The fraction of sp³-hybridized carbons (Fsp3) is 0.455. The molecule has 1 saturated heterocycles. The first-order chi connectivity index (χ1) is 14.0. The largest absolute Gasteiger partial charge is 0.334 e. The second-order valence-electron chi connectivity index (χ2n) is 8.24. The van der Waals surface area contributed by atoms with Crippen LogP contribution in [0.25, 0.3) is 11.0 Å². The number of hydrogen-bond donors (Lipinski definition) is 0. The van der Waals surface area contributed by atoms with Crippen LogP contribution in [0.5, 0.6) is 0 Å². The number of imidazole rings is 1. The van der Waals surface area contributed by atoms with Crippen LogP contribution in [0.4, 0.5) is 0 Å². The Bertz CT molecular complexity index is 1100. The zero-order valence-electron chi connectivity index (χ0n) is 17.2. The SMILES string of the molecule is Cc1nc2cc(C(=O)N3CCc4nc([C@H]5CCCN5C)ncc4C3)ccc2n1C. The lowest BCUT2D eigenvalue weighted by Crippen LogP contribution is -2.36. The fourth-order valence-corrected chi connectivity index (χ4v) is 4.54. The van der Waals surface area contributed by atoms with E-state index in [0.29, 0.717) is 24.7 Å². The molecule has 1 aromatic carbocycles. The van der Waals surface area contributed by atoms with E-state index >= 15 is 0 Å². The van der Waals surface area contributed by atoms with Crippen molar-refractivity contribution in [2.45, 2.75) is 38.8 Å². The van der Waals surface area contributed by atoms with Gasteiger partial charge in [0.25, 0.3) is 5.91 Å². The normalized spacial score (nSPS) is 19.7. The lowest BCUT2D eigenvalue weighted by atomic mass is 10.0. The molecule has 7 heteroatoms. The van der Waals surface area contributed by atoms with E-state index in [1.807, 2.05) is 47.8 Å². The first-order valence-corrected chi connectivity index (χ1v) is 10.3. The molecule has 150 valence electrons. The van der Waals surface area contributed by atoms with Crippen LogP contribution in [0.3, 0.4) is 0 Å². The van der Waals surface area contributed by atoms with Crippen LogP contribution in [0.1, 0.15) is 52.1 Å². The molecule has 2 aromatic heterocycles. The van der Waals surface area contributed by atoms with Gasteiger partial charge in [-0.1, -0.05) is 0 Å². The molecule has 1 fully saturated rings. The summed E-state index contributed by atoms with van der Waals surface area (Å²) in [7, 11) is 4.13. The Labute approximate surface area is 170 Å². The van der Waals surface area contributed by atoms with Crippen molar-refractivity contribution in [2.24, 2.45) is 7.05 Å². The topological polar surface area (TPSA) is 67.2 Å². The van der Waals surface area contributed by atoms with Crippen LogP contribution in [-0.4, -0.2) is 55.4 Å². The molecule has 0 saturated carbocycles. The molecule has 0 spiro atoms. The van der Waals surface area contributed by atoms with Crippen LogP contribution in [-0.2, 0) is 20.0 Å². The molecule has 0 aliphatic carbocycles. The van der Waals surface area contributed by atoms with Crippen molar-refractivity contribution in [1.82, 2.24) is 29.3 Å². The molecule has 29 heavy (non-hydrogen) atoms. The van der Waals surface area contributed by atoms with Crippen LogP contribution in [0, 0.1) is 6.92 Å². The number of nitrogens with zero attached hydrogens (tertiary/aromatic N) is 6. The van der Waals surface area contributed by atoms with Gasteiger partial charge in [0.2, 0.25) is 0 Å². The van der Waals surface area contributed by atoms with E-state index in [0.717, 1.165) is 53.3 Å². The Kier molecular flexibility index (Phi) is 4.35. The maximum Gasteiger partial charge on any atom is 0.254 e. The molecular formula is C22H26N6O. The Morgan fingerprint density at radius 1 is 1.17 bits per heavy atom. The molecule has 2 aliphatic heterocycles. The zero-order chi connectivity index (χ0) is 20.1. The maximum absolute atomic E-state index is 13.1. The standard InChI is InChI=1S/C22H26N6O/c1-14-24-18-11-15(6-7-19(18)27(14)3)22(29)28-10-8-17-16(13-28)12-23-21(25-17)20-5-4-9-26(20)2/h6-7,11-12,20H,4-5,8-10,13H2,1-3H3/t20-/m1/s1. The van der Waals surface area contributed by atoms with E-state index < -0.39 is 0 Å². The van der Waals surface area contributed by atoms with Gasteiger partial charge in [-0.05, 0) is 51.6 Å². The van der Waals surface area contributed by atoms with Crippen LogP contribution < -0.4 is 0 Å². The third kappa shape index (κ3) is 3.09. The smallest absolute Gasteiger partial charge is 0.254 e. The van der Waals surface area contributed by atoms with Crippen molar-refractivity contribution in [1.29, 1.82) is 0 Å². The van der Waals surface area contributed by atoms with Gasteiger partial charge in [-0.25, -0.2) is 15.0 Å². The predicted octanol–water partition coefficient (Wildman–Crippen LogP) is 2.64. The van der Waals surface area contributed by atoms with Gasteiger partial charge in [-0.15, -0.1) is 0 Å². The maximum atomic E-state index is 13.1. The fourth-order valence-electron chi connectivity index (χ4n) is 4.54. The second-order valence-corrected chi connectivity index (χ2v) is 8.24. The molecule has 0 radical (unpaired) electrons. The van der Waals surface area contributed by atoms with Crippen molar-refractivity contribution in [3.63, 3.8) is 0 Å². The number of fused-ring (bicyclic) bond motifs is 2. The quantitative estimate of drug-likeness (QED) is 0.673. The highest BCUT2D eigenvalue weighted by molar-refractivity contribution is 5.97. The van der Waals surface area contributed by atoms with Gasteiger partial charge >= 0.3 is 0 Å². The Hall–Kier alpha value is -2.80. The molecule has 0 bridgehead atoms.